The predicted molar refractivity (Wildman–Crippen MR) is 109 cm³/mol. The molecule has 1 heterocycles. The molecule has 0 bridgehead atoms. The first-order valence-corrected chi connectivity index (χ1v) is 11.2. The zero-order valence-electron chi connectivity index (χ0n) is 17.4. The number of hydrogen-bond acceptors (Lipinski definition) is 5. The molecule has 7 nitrogen and oxygen atoms in total. The van der Waals surface area contributed by atoms with Gasteiger partial charge < -0.3 is 14.4 Å². The van der Waals surface area contributed by atoms with E-state index in [0.717, 1.165) is 17.5 Å². The largest absolute Gasteiger partial charge is 0.483 e. The number of likely N-dealkylation sites (tertiary alicyclic amines) is 1. The number of methoxy groups -OCH3 is 1. The van der Waals surface area contributed by atoms with Crippen molar-refractivity contribution in [1.29, 1.82) is 0 Å². The van der Waals surface area contributed by atoms with Crippen LogP contribution < -0.4 is 9.46 Å². The number of hydrogen-bond donors (Lipinski definition) is 1. The summed E-state index contributed by atoms with van der Waals surface area (Å²) in [6, 6.07) is 5.01. The van der Waals surface area contributed by atoms with Crippen LogP contribution in [0.5, 0.6) is 5.75 Å². The Morgan fingerprint density at radius 3 is 2.68 bits per heavy atom. The van der Waals surface area contributed by atoms with Crippen LogP contribution in [0, 0.1) is 13.8 Å². The van der Waals surface area contributed by atoms with E-state index in [2.05, 4.69) is 4.72 Å². The second kappa shape index (κ2) is 9.71. The van der Waals surface area contributed by atoms with E-state index in [-0.39, 0.29) is 31.2 Å². The second-order valence-electron chi connectivity index (χ2n) is 7.56. The minimum Gasteiger partial charge on any atom is -0.483 e. The number of rotatable bonds is 8. The molecule has 158 valence electrons. The molecule has 0 spiro atoms. The van der Waals surface area contributed by atoms with Crippen molar-refractivity contribution < 1.29 is 22.7 Å². The molecule has 0 aliphatic carbocycles. The predicted octanol–water partition coefficient (Wildman–Crippen LogP) is 2.02. The quantitative estimate of drug-likeness (QED) is 0.706. The minimum atomic E-state index is -3.44. The third kappa shape index (κ3) is 5.46. The fraction of sp³-hybridized carbons (Fsp3) is 0.650. The third-order valence-electron chi connectivity index (χ3n) is 5.28. The number of nitrogens with one attached hydrogen (secondary N) is 1. The standard InChI is InChI=1S/C20H32N2O5S/c1-14(2)28(24,25)21-17-9-7-11-22(18(17)12-26-5)20(23)13-27-19-10-6-8-15(3)16(19)4/h6,8,10,14,17-18,21H,7,9,11-13H2,1-5H3/t17-,18-/m0/s1. The zero-order valence-corrected chi connectivity index (χ0v) is 18.2. The number of carbonyl (C=O) groups excluding carboxylic acids is 1. The topological polar surface area (TPSA) is 84.9 Å². The minimum absolute atomic E-state index is 0.0891. The Morgan fingerprint density at radius 2 is 2.04 bits per heavy atom. The molecule has 1 aromatic rings. The number of aryl methyl sites for hydroxylation is 1. The number of piperidine rings is 1. The number of amides is 1. The summed E-state index contributed by atoms with van der Waals surface area (Å²) in [5.74, 6) is 0.516. The Bertz CT molecular complexity index is 779. The van der Waals surface area contributed by atoms with E-state index >= 15 is 0 Å². The molecule has 2 atom stereocenters. The fourth-order valence-corrected chi connectivity index (χ4v) is 4.30. The van der Waals surface area contributed by atoms with Crippen LogP contribution in [0.15, 0.2) is 18.2 Å². The maximum Gasteiger partial charge on any atom is 0.260 e. The summed E-state index contributed by atoms with van der Waals surface area (Å²) < 4.78 is 38.5. The van der Waals surface area contributed by atoms with Crippen molar-refractivity contribution in [2.75, 3.05) is 26.9 Å². The molecule has 8 heteroatoms. The average Bonchev–Trinajstić information content (AvgIpc) is 2.64. The summed E-state index contributed by atoms with van der Waals surface area (Å²) in [4.78, 5) is 14.6. The van der Waals surface area contributed by atoms with Crippen molar-refractivity contribution in [3.8, 4) is 5.75 Å². The van der Waals surface area contributed by atoms with E-state index in [1.807, 2.05) is 32.0 Å². The molecule has 1 aromatic carbocycles. The number of carbonyl (C=O) groups is 1. The Morgan fingerprint density at radius 1 is 1.32 bits per heavy atom. The number of sulfonamides is 1. The van der Waals surface area contributed by atoms with E-state index in [0.29, 0.717) is 18.7 Å². The van der Waals surface area contributed by atoms with E-state index in [4.69, 9.17) is 9.47 Å². The summed E-state index contributed by atoms with van der Waals surface area (Å²) in [7, 11) is -1.89. The molecule has 0 unspecified atom stereocenters. The lowest BCUT2D eigenvalue weighted by Gasteiger charge is -2.41. The fourth-order valence-electron chi connectivity index (χ4n) is 3.33. The van der Waals surface area contributed by atoms with Gasteiger partial charge in [-0.2, -0.15) is 0 Å². The summed E-state index contributed by atoms with van der Waals surface area (Å²) in [5.41, 5.74) is 2.10. The summed E-state index contributed by atoms with van der Waals surface area (Å²) in [6.07, 6.45) is 1.39. The van der Waals surface area contributed by atoms with Gasteiger partial charge in [0.15, 0.2) is 6.61 Å². The molecule has 28 heavy (non-hydrogen) atoms. The van der Waals surface area contributed by atoms with Gasteiger partial charge in [0, 0.05) is 19.7 Å². The molecule has 1 amide bonds. The first-order valence-electron chi connectivity index (χ1n) is 9.66. The normalized spacial score (nSPS) is 20.4. The second-order valence-corrected chi connectivity index (χ2v) is 9.83. The molecule has 1 aliphatic rings. The number of ether oxygens (including phenoxy) is 2. The SMILES string of the molecule is COC[C@H]1[C@@H](NS(=O)(=O)C(C)C)CCCN1C(=O)COc1cccc(C)c1C. The van der Waals surface area contributed by atoms with Crippen molar-refractivity contribution >= 4 is 15.9 Å². The molecule has 0 radical (unpaired) electrons. The summed E-state index contributed by atoms with van der Waals surface area (Å²) in [6.45, 7) is 7.96. The van der Waals surface area contributed by atoms with Gasteiger partial charge in [0.25, 0.3) is 5.91 Å². The lowest BCUT2D eigenvalue weighted by atomic mass is 9.97. The van der Waals surface area contributed by atoms with Crippen molar-refractivity contribution in [3.63, 3.8) is 0 Å². The van der Waals surface area contributed by atoms with Gasteiger partial charge in [0.2, 0.25) is 10.0 Å². The zero-order chi connectivity index (χ0) is 20.9. The monoisotopic (exact) mass is 412 g/mol. The highest BCUT2D eigenvalue weighted by Gasteiger charge is 2.37. The Kier molecular flexibility index (Phi) is 7.86. The van der Waals surface area contributed by atoms with Crippen molar-refractivity contribution in [1.82, 2.24) is 9.62 Å². The van der Waals surface area contributed by atoms with Crippen LogP contribution in [-0.4, -0.2) is 63.4 Å². The number of benzene rings is 1. The van der Waals surface area contributed by atoms with Gasteiger partial charge in [0.1, 0.15) is 5.75 Å². The van der Waals surface area contributed by atoms with E-state index in [1.54, 1.807) is 25.9 Å². The highest BCUT2D eigenvalue weighted by molar-refractivity contribution is 7.90. The highest BCUT2D eigenvalue weighted by Crippen LogP contribution is 2.23. The maximum atomic E-state index is 12.9. The molecule has 1 N–H and O–H groups in total. The van der Waals surface area contributed by atoms with Crippen LogP contribution >= 0.6 is 0 Å². The van der Waals surface area contributed by atoms with Crippen molar-refractivity contribution in [2.45, 2.75) is 57.9 Å². The molecule has 1 saturated heterocycles. The van der Waals surface area contributed by atoms with Gasteiger partial charge in [0.05, 0.1) is 17.9 Å². The van der Waals surface area contributed by atoms with E-state index in [9.17, 15) is 13.2 Å². The summed E-state index contributed by atoms with van der Waals surface area (Å²) in [5, 5.41) is -0.533. The maximum absolute atomic E-state index is 12.9. The first kappa shape index (κ1) is 22.6. The van der Waals surface area contributed by atoms with Crippen LogP contribution in [0.4, 0.5) is 0 Å². The molecular formula is C20H32N2O5S. The van der Waals surface area contributed by atoms with Crippen molar-refractivity contribution in [3.05, 3.63) is 29.3 Å². The van der Waals surface area contributed by atoms with Gasteiger partial charge in [-0.15, -0.1) is 0 Å². The summed E-state index contributed by atoms with van der Waals surface area (Å²) >= 11 is 0. The lowest BCUT2D eigenvalue weighted by Crippen LogP contribution is -2.60. The Hall–Kier alpha value is -1.64. The van der Waals surface area contributed by atoms with Gasteiger partial charge in [-0.3, -0.25) is 4.79 Å². The molecule has 1 fully saturated rings. The van der Waals surface area contributed by atoms with E-state index < -0.39 is 15.3 Å². The molecule has 0 aromatic heterocycles. The van der Waals surface area contributed by atoms with Crippen LogP contribution in [0.25, 0.3) is 0 Å². The van der Waals surface area contributed by atoms with Crippen molar-refractivity contribution in [2.24, 2.45) is 0 Å². The van der Waals surface area contributed by atoms with Crippen LogP contribution in [0.2, 0.25) is 0 Å². The molecule has 0 saturated carbocycles. The Balaban J connectivity index is 2.10. The first-order chi connectivity index (χ1) is 13.2. The van der Waals surface area contributed by atoms with Gasteiger partial charge in [-0.05, 0) is 57.7 Å². The molecular weight excluding hydrogens is 380 g/mol. The number of nitrogens with zero attached hydrogens (tertiary/aromatic N) is 1. The van der Waals surface area contributed by atoms with Gasteiger partial charge in [-0.25, -0.2) is 13.1 Å². The molecule has 2 rings (SSSR count). The van der Waals surface area contributed by atoms with Crippen LogP contribution in [-0.2, 0) is 19.6 Å². The average molecular weight is 413 g/mol. The lowest BCUT2D eigenvalue weighted by molar-refractivity contribution is -0.139. The smallest absolute Gasteiger partial charge is 0.260 e. The van der Waals surface area contributed by atoms with Crippen LogP contribution in [0.3, 0.4) is 0 Å². The van der Waals surface area contributed by atoms with Gasteiger partial charge >= 0.3 is 0 Å². The van der Waals surface area contributed by atoms with Gasteiger partial charge in [-0.1, -0.05) is 12.1 Å². The van der Waals surface area contributed by atoms with E-state index in [1.165, 1.54) is 0 Å². The highest BCUT2D eigenvalue weighted by atomic mass is 32.2. The third-order valence-corrected chi connectivity index (χ3v) is 7.15. The Labute approximate surface area is 168 Å². The van der Waals surface area contributed by atoms with Crippen LogP contribution in [0.1, 0.15) is 37.8 Å². The molecule has 1 aliphatic heterocycles.